The molecule has 1 heterocycles. The fourth-order valence-electron chi connectivity index (χ4n) is 2.82. The van der Waals surface area contributed by atoms with Crippen LogP contribution in [0, 0.1) is 6.92 Å². The van der Waals surface area contributed by atoms with Gasteiger partial charge in [0.15, 0.2) is 0 Å². The number of aryl methyl sites for hydroxylation is 1. The molecule has 20 heavy (non-hydrogen) atoms. The summed E-state index contributed by atoms with van der Waals surface area (Å²) < 4.78 is 1.86. The van der Waals surface area contributed by atoms with E-state index >= 15 is 0 Å². The van der Waals surface area contributed by atoms with E-state index in [2.05, 4.69) is 19.9 Å². The monoisotopic (exact) mass is 263 g/mol. The Hall–Kier alpha value is -2.35. The molecule has 0 radical (unpaired) electrons. The summed E-state index contributed by atoms with van der Waals surface area (Å²) in [4.78, 5) is 12.8. The molecule has 3 rings (SSSR count). The predicted octanol–water partition coefficient (Wildman–Crippen LogP) is 4.20. The van der Waals surface area contributed by atoms with Crippen molar-refractivity contribution in [1.82, 2.24) is 4.57 Å². The van der Waals surface area contributed by atoms with Crippen LogP contribution in [0.2, 0.25) is 0 Å². The molecule has 0 bridgehead atoms. The van der Waals surface area contributed by atoms with E-state index in [1.807, 2.05) is 53.1 Å². The SMILES string of the molecule is CCc1c(C)c2ccccc2n1C(=O)c1ccccc1. The first-order valence-electron chi connectivity index (χ1n) is 6.92. The first kappa shape index (κ1) is 12.7. The number of hydrogen-bond acceptors (Lipinski definition) is 1. The zero-order chi connectivity index (χ0) is 14.1. The summed E-state index contributed by atoms with van der Waals surface area (Å²) >= 11 is 0. The van der Waals surface area contributed by atoms with Gasteiger partial charge in [0.2, 0.25) is 0 Å². The first-order chi connectivity index (χ1) is 9.74. The van der Waals surface area contributed by atoms with Crippen LogP contribution < -0.4 is 0 Å². The van der Waals surface area contributed by atoms with Crippen molar-refractivity contribution in [2.75, 3.05) is 0 Å². The topological polar surface area (TPSA) is 22.0 Å². The van der Waals surface area contributed by atoms with Crippen LogP contribution in [0.3, 0.4) is 0 Å². The maximum atomic E-state index is 12.8. The molecule has 0 fully saturated rings. The molecule has 3 aromatic rings. The second-order valence-electron chi connectivity index (χ2n) is 4.95. The Morgan fingerprint density at radius 2 is 1.65 bits per heavy atom. The quantitative estimate of drug-likeness (QED) is 0.679. The van der Waals surface area contributed by atoms with Crippen molar-refractivity contribution in [3.63, 3.8) is 0 Å². The molecule has 2 nitrogen and oxygen atoms in total. The van der Waals surface area contributed by atoms with Crippen LogP contribution in [0.15, 0.2) is 54.6 Å². The highest BCUT2D eigenvalue weighted by atomic mass is 16.2. The van der Waals surface area contributed by atoms with E-state index in [1.165, 1.54) is 5.56 Å². The van der Waals surface area contributed by atoms with Gasteiger partial charge in [-0.25, -0.2) is 0 Å². The summed E-state index contributed by atoms with van der Waals surface area (Å²) in [6.45, 7) is 4.19. The minimum absolute atomic E-state index is 0.0479. The van der Waals surface area contributed by atoms with Crippen molar-refractivity contribution in [1.29, 1.82) is 0 Å². The average molecular weight is 263 g/mol. The molecule has 0 N–H and O–H groups in total. The minimum Gasteiger partial charge on any atom is -0.280 e. The maximum Gasteiger partial charge on any atom is 0.262 e. The Bertz CT molecular complexity index is 769. The largest absolute Gasteiger partial charge is 0.280 e. The molecule has 2 heteroatoms. The maximum absolute atomic E-state index is 12.8. The van der Waals surface area contributed by atoms with Crippen LogP contribution >= 0.6 is 0 Å². The molecule has 0 aliphatic heterocycles. The lowest BCUT2D eigenvalue weighted by atomic mass is 10.1. The highest BCUT2D eigenvalue weighted by Gasteiger charge is 2.18. The third kappa shape index (κ3) is 1.85. The van der Waals surface area contributed by atoms with E-state index in [9.17, 15) is 4.79 Å². The third-order valence-corrected chi connectivity index (χ3v) is 3.81. The molecule has 1 aromatic heterocycles. The highest BCUT2D eigenvalue weighted by molar-refractivity contribution is 6.04. The fraction of sp³-hybridized carbons (Fsp3) is 0.167. The number of rotatable bonds is 2. The summed E-state index contributed by atoms with van der Waals surface area (Å²) in [6.07, 6.45) is 0.846. The van der Waals surface area contributed by atoms with Crippen LogP contribution in [0.5, 0.6) is 0 Å². The number of para-hydroxylation sites is 1. The van der Waals surface area contributed by atoms with E-state index in [0.717, 1.165) is 28.6 Å². The second-order valence-corrected chi connectivity index (χ2v) is 4.95. The van der Waals surface area contributed by atoms with E-state index in [1.54, 1.807) is 0 Å². The molecule has 100 valence electrons. The minimum atomic E-state index is 0.0479. The van der Waals surface area contributed by atoms with Gasteiger partial charge in [-0.3, -0.25) is 9.36 Å². The number of fused-ring (bicyclic) bond motifs is 1. The van der Waals surface area contributed by atoms with E-state index in [-0.39, 0.29) is 5.91 Å². The number of nitrogens with zero attached hydrogens (tertiary/aromatic N) is 1. The van der Waals surface area contributed by atoms with Crippen molar-refractivity contribution in [3.8, 4) is 0 Å². The van der Waals surface area contributed by atoms with Gasteiger partial charge in [-0.1, -0.05) is 43.3 Å². The number of carbonyl (C=O) groups is 1. The summed E-state index contributed by atoms with van der Waals surface area (Å²) in [6, 6.07) is 17.6. The van der Waals surface area contributed by atoms with Gasteiger partial charge < -0.3 is 0 Å². The molecule has 0 aliphatic carbocycles. The summed E-state index contributed by atoms with van der Waals surface area (Å²) in [5, 5.41) is 1.16. The van der Waals surface area contributed by atoms with E-state index < -0.39 is 0 Å². The van der Waals surface area contributed by atoms with Crippen LogP contribution in [0.1, 0.15) is 28.5 Å². The highest BCUT2D eigenvalue weighted by Crippen LogP contribution is 2.26. The van der Waals surface area contributed by atoms with Gasteiger partial charge in [-0.2, -0.15) is 0 Å². The van der Waals surface area contributed by atoms with Gasteiger partial charge in [0.25, 0.3) is 5.91 Å². The van der Waals surface area contributed by atoms with Crippen LogP contribution in [0.4, 0.5) is 0 Å². The zero-order valence-electron chi connectivity index (χ0n) is 11.8. The number of benzene rings is 2. The van der Waals surface area contributed by atoms with Crippen molar-refractivity contribution >= 4 is 16.8 Å². The van der Waals surface area contributed by atoms with E-state index in [0.29, 0.717) is 0 Å². The smallest absolute Gasteiger partial charge is 0.262 e. The Morgan fingerprint density at radius 1 is 1.00 bits per heavy atom. The molecule has 0 saturated carbocycles. The van der Waals surface area contributed by atoms with Gasteiger partial charge >= 0.3 is 0 Å². The fourth-order valence-corrected chi connectivity index (χ4v) is 2.82. The molecule has 0 aliphatic rings. The Balaban J connectivity index is 2.28. The Labute approximate surface area is 118 Å². The number of aromatic nitrogens is 1. The number of hydrogen-bond donors (Lipinski definition) is 0. The summed E-state index contributed by atoms with van der Waals surface area (Å²) in [5.74, 6) is 0.0479. The van der Waals surface area contributed by atoms with Crippen molar-refractivity contribution in [3.05, 3.63) is 71.4 Å². The lowest BCUT2D eigenvalue weighted by molar-refractivity contribution is 0.0962. The standard InChI is InChI=1S/C18H17NO/c1-3-16-13(2)15-11-7-8-12-17(15)19(16)18(20)14-9-5-4-6-10-14/h4-12H,3H2,1-2H3. The first-order valence-corrected chi connectivity index (χ1v) is 6.92. The van der Waals surface area contributed by atoms with Gasteiger partial charge in [0.05, 0.1) is 5.52 Å². The van der Waals surface area contributed by atoms with E-state index in [4.69, 9.17) is 0 Å². The third-order valence-electron chi connectivity index (χ3n) is 3.81. The predicted molar refractivity (Wildman–Crippen MR) is 82.2 cm³/mol. The number of carbonyl (C=O) groups excluding carboxylic acids is 1. The van der Waals surface area contributed by atoms with Crippen molar-refractivity contribution in [2.24, 2.45) is 0 Å². The van der Waals surface area contributed by atoms with Crippen molar-refractivity contribution in [2.45, 2.75) is 20.3 Å². The van der Waals surface area contributed by atoms with Crippen LogP contribution in [-0.4, -0.2) is 10.5 Å². The van der Waals surface area contributed by atoms with Crippen LogP contribution in [0.25, 0.3) is 10.9 Å². The molecular formula is C18H17NO. The van der Waals surface area contributed by atoms with Gasteiger partial charge in [0.1, 0.15) is 0 Å². The molecule has 2 aromatic carbocycles. The molecule has 0 amide bonds. The van der Waals surface area contributed by atoms with Gasteiger partial charge in [-0.05, 0) is 37.1 Å². The van der Waals surface area contributed by atoms with Crippen molar-refractivity contribution < 1.29 is 4.79 Å². The lowest BCUT2D eigenvalue weighted by Gasteiger charge is -2.08. The summed E-state index contributed by atoms with van der Waals surface area (Å²) in [5.41, 5.74) is 4.02. The molecule has 0 spiro atoms. The molecule has 0 unspecified atom stereocenters. The zero-order valence-corrected chi connectivity index (χ0v) is 11.8. The average Bonchev–Trinajstić information content (AvgIpc) is 2.80. The second kappa shape index (κ2) is 4.97. The lowest BCUT2D eigenvalue weighted by Crippen LogP contribution is -2.14. The Morgan fingerprint density at radius 3 is 2.35 bits per heavy atom. The molecule has 0 saturated heterocycles. The normalized spacial score (nSPS) is 10.9. The molecule has 0 atom stereocenters. The van der Waals surface area contributed by atoms with Gasteiger partial charge in [-0.15, -0.1) is 0 Å². The Kier molecular flexibility index (Phi) is 3.15. The van der Waals surface area contributed by atoms with Gasteiger partial charge in [0, 0.05) is 16.6 Å². The summed E-state index contributed by atoms with van der Waals surface area (Å²) in [7, 11) is 0. The molecular weight excluding hydrogens is 246 g/mol. The van der Waals surface area contributed by atoms with Crippen LogP contribution in [-0.2, 0) is 6.42 Å².